The molecular formula is C66H116O6. The zero-order chi connectivity index (χ0) is 52.2. The molecular weight excluding hydrogens is 889 g/mol. The lowest BCUT2D eigenvalue weighted by Gasteiger charge is -2.18. The first kappa shape index (κ1) is 68.8. The van der Waals surface area contributed by atoms with Gasteiger partial charge in [-0.2, -0.15) is 0 Å². The third-order valence-corrected chi connectivity index (χ3v) is 13.5. The first-order valence-electron chi connectivity index (χ1n) is 30.9. The number of rotatable bonds is 56. The topological polar surface area (TPSA) is 78.9 Å². The highest BCUT2D eigenvalue weighted by atomic mass is 16.6. The zero-order valence-electron chi connectivity index (χ0n) is 47.7. The van der Waals surface area contributed by atoms with Gasteiger partial charge >= 0.3 is 17.9 Å². The molecule has 0 bridgehead atoms. The largest absolute Gasteiger partial charge is 0.462 e. The first-order chi connectivity index (χ1) is 35.5. The second-order valence-electron chi connectivity index (χ2n) is 20.6. The minimum Gasteiger partial charge on any atom is -0.462 e. The van der Waals surface area contributed by atoms with E-state index in [1.54, 1.807) is 0 Å². The van der Waals surface area contributed by atoms with Gasteiger partial charge in [0, 0.05) is 19.3 Å². The van der Waals surface area contributed by atoms with E-state index in [0.717, 1.165) is 70.6 Å². The molecule has 0 heterocycles. The molecule has 6 nitrogen and oxygen atoms in total. The molecule has 0 radical (unpaired) electrons. The molecule has 0 aliphatic heterocycles. The summed E-state index contributed by atoms with van der Waals surface area (Å²) in [5.74, 6) is -0.972. The van der Waals surface area contributed by atoms with Gasteiger partial charge in [-0.25, -0.2) is 0 Å². The third kappa shape index (κ3) is 57.7. The molecule has 416 valence electrons. The minimum atomic E-state index is -0.805. The van der Waals surface area contributed by atoms with E-state index in [0.29, 0.717) is 19.3 Å². The molecule has 6 heteroatoms. The second kappa shape index (κ2) is 60.4. The Morgan fingerprint density at radius 1 is 0.292 bits per heavy atom. The smallest absolute Gasteiger partial charge is 0.306 e. The molecule has 0 fully saturated rings. The van der Waals surface area contributed by atoms with Crippen LogP contribution in [0, 0.1) is 0 Å². The second-order valence-corrected chi connectivity index (χ2v) is 20.6. The summed E-state index contributed by atoms with van der Waals surface area (Å²) in [6, 6.07) is 0. The number of esters is 3. The minimum absolute atomic E-state index is 0.0972. The lowest BCUT2D eigenvalue weighted by molar-refractivity contribution is -0.166. The van der Waals surface area contributed by atoms with Crippen molar-refractivity contribution in [3.8, 4) is 0 Å². The Balaban J connectivity index is 4.36. The number of carbonyl (C=O) groups is 3. The van der Waals surface area contributed by atoms with Gasteiger partial charge in [-0.15, -0.1) is 0 Å². The fourth-order valence-electron chi connectivity index (χ4n) is 8.84. The molecule has 0 aliphatic rings. The average Bonchev–Trinajstić information content (AvgIpc) is 3.38. The third-order valence-electron chi connectivity index (χ3n) is 13.5. The van der Waals surface area contributed by atoms with Gasteiger partial charge < -0.3 is 14.2 Å². The van der Waals surface area contributed by atoms with Gasteiger partial charge in [-0.05, 0) is 77.0 Å². The van der Waals surface area contributed by atoms with Crippen molar-refractivity contribution in [1.82, 2.24) is 0 Å². The predicted octanol–water partition coefficient (Wildman–Crippen LogP) is 20.9. The molecule has 72 heavy (non-hydrogen) atoms. The SMILES string of the molecule is CC/C=C\C/C=C\C/C=C\C/C=C\CCC(=O)OCC(COC(=O)CCCCCCCCCCC/C=C\C/C=C\CCCCCCC)OC(=O)CCCCCCCCCCCCCCCCCCCCCC. The lowest BCUT2D eigenvalue weighted by atomic mass is 10.0. The summed E-state index contributed by atoms with van der Waals surface area (Å²) in [6.07, 6.45) is 77.8. The summed E-state index contributed by atoms with van der Waals surface area (Å²) >= 11 is 0. The van der Waals surface area contributed by atoms with Crippen LogP contribution in [0.4, 0.5) is 0 Å². The molecule has 0 N–H and O–H groups in total. The Kier molecular flexibility index (Phi) is 57.8. The van der Waals surface area contributed by atoms with Crippen LogP contribution < -0.4 is 0 Å². The molecule has 1 atom stereocenters. The Hall–Kier alpha value is -3.15. The summed E-state index contributed by atoms with van der Waals surface area (Å²) in [5.41, 5.74) is 0. The monoisotopic (exact) mass is 1000 g/mol. The van der Waals surface area contributed by atoms with Crippen molar-refractivity contribution in [2.45, 2.75) is 316 Å². The van der Waals surface area contributed by atoms with Gasteiger partial charge in [0.2, 0.25) is 0 Å². The molecule has 0 saturated carbocycles. The van der Waals surface area contributed by atoms with Gasteiger partial charge in [-0.3, -0.25) is 14.4 Å². The summed E-state index contributed by atoms with van der Waals surface area (Å²) in [7, 11) is 0. The van der Waals surface area contributed by atoms with E-state index < -0.39 is 6.10 Å². The fourth-order valence-corrected chi connectivity index (χ4v) is 8.84. The first-order valence-corrected chi connectivity index (χ1v) is 30.9. The maximum atomic E-state index is 12.9. The van der Waals surface area contributed by atoms with Gasteiger partial charge in [0.05, 0.1) is 0 Å². The number of hydrogen-bond donors (Lipinski definition) is 0. The molecule has 0 aromatic carbocycles. The van der Waals surface area contributed by atoms with Gasteiger partial charge in [0.25, 0.3) is 0 Å². The zero-order valence-corrected chi connectivity index (χ0v) is 47.7. The number of unbranched alkanes of at least 4 members (excludes halogenated alkanes) is 33. The van der Waals surface area contributed by atoms with Crippen LogP contribution in [0.15, 0.2) is 72.9 Å². The maximum Gasteiger partial charge on any atom is 0.306 e. The van der Waals surface area contributed by atoms with E-state index in [9.17, 15) is 14.4 Å². The van der Waals surface area contributed by atoms with Crippen molar-refractivity contribution >= 4 is 17.9 Å². The average molecular weight is 1010 g/mol. The molecule has 0 amide bonds. The normalized spacial score (nSPS) is 12.5. The van der Waals surface area contributed by atoms with E-state index in [2.05, 4.69) is 87.6 Å². The number of carbonyl (C=O) groups excluding carboxylic acids is 3. The van der Waals surface area contributed by atoms with Crippen LogP contribution in [0.5, 0.6) is 0 Å². The van der Waals surface area contributed by atoms with Crippen LogP contribution in [0.1, 0.15) is 310 Å². The standard InChI is InChI=1S/C66H116O6/c1-4-7-10-13-16-19-22-25-27-29-31-33-35-36-38-41-44-47-50-53-56-59-65(68)71-62-63(61-70-64(67)58-55-52-49-46-43-40-24-21-18-15-12-9-6-3)72-66(69)60-57-54-51-48-45-42-39-37-34-32-30-28-26-23-20-17-14-11-8-5-2/h9,12,18,21-22,25,29,31,40,43,49,52,63H,4-8,10-11,13-17,19-20,23-24,26-28,30,32-39,41-42,44-48,50-51,53-62H2,1-3H3/b12-9-,21-18-,25-22-,31-29-,43-40-,52-49-. The molecule has 1 unspecified atom stereocenters. The molecule has 0 aromatic rings. The van der Waals surface area contributed by atoms with Gasteiger partial charge in [0.15, 0.2) is 6.10 Å². The predicted molar refractivity (Wildman–Crippen MR) is 311 cm³/mol. The van der Waals surface area contributed by atoms with E-state index >= 15 is 0 Å². The van der Waals surface area contributed by atoms with E-state index in [1.165, 1.54) is 193 Å². The van der Waals surface area contributed by atoms with Crippen molar-refractivity contribution in [1.29, 1.82) is 0 Å². The maximum absolute atomic E-state index is 12.9. The Morgan fingerprint density at radius 3 is 0.931 bits per heavy atom. The number of hydrogen-bond acceptors (Lipinski definition) is 6. The highest BCUT2D eigenvalue weighted by Crippen LogP contribution is 2.17. The van der Waals surface area contributed by atoms with Crippen molar-refractivity contribution in [3.05, 3.63) is 72.9 Å². The van der Waals surface area contributed by atoms with Crippen molar-refractivity contribution in [2.24, 2.45) is 0 Å². The van der Waals surface area contributed by atoms with Crippen molar-refractivity contribution < 1.29 is 28.6 Å². The summed E-state index contributed by atoms with van der Waals surface area (Å²) in [6.45, 7) is 6.49. The summed E-state index contributed by atoms with van der Waals surface area (Å²) in [5, 5.41) is 0. The number of allylic oxidation sites excluding steroid dienone is 12. The Morgan fingerprint density at radius 2 is 0.569 bits per heavy atom. The highest BCUT2D eigenvalue weighted by molar-refractivity contribution is 5.71. The highest BCUT2D eigenvalue weighted by Gasteiger charge is 2.19. The van der Waals surface area contributed by atoms with Crippen LogP contribution in [-0.4, -0.2) is 37.2 Å². The van der Waals surface area contributed by atoms with Gasteiger partial charge in [0.1, 0.15) is 13.2 Å². The Labute approximate surface area is 446 Å². The molecule has 0 aliphatic carbocycles. The quantitative estimate of drug-likeness (QED) is 0.0261. The van der Waals surface area contributed by atoms with Crippen molar-refractivity contribution in [3.63, 3.8) is 0 Å². The van der Waals surface area contributed by atoms with Crippen LogP contribution >= 0.6 is 0 Å². The van der Waals surface area contributed by atoms with Gasteiger partial charge in [-0.1, -0.05) is 286 Å². The Bertz CT molecular complexity index is 1340. The molecule has 0 aromatic heterocycles. The van der Waals surface area contributed by atoms with E-state index in [1.807, 2.05) is 6.08 Å². The van der Waals surface area contributed by atoms with Crippen LogP contribution in [0.3, 0.4) is 0 Å². The van der Waals surface area contributed by atoms with Crippen LogP contribution in [0.25, 0.3) is 0 Å². The van der Waals surface area contributed by atoms with E-state index in [4.69, 9.17) is 14.2 Å². The van der Waals surface area contributed by atoms with Crippen LogP contribution in [0.2, 0.25) is 0 Å². The molecule has 0 spiro atoms. The number of ether oxygens (including phenoxy) is 3. The summed E-state index contributed by atoms with van der Waals surface area (Å²) < 4.78 is 16.8. The molecule has 0 saturated heterocycles. The van der Waals surface area contributed by atoms with Crippen LogP contribution in [-0.2, 0) is 28.6 Å². The molecule has 0 rings (SSSR count). The fraction of sp³-hybridized carbons (Fsp3) is 0.773. The lowest BCUT2D eigenvalue weighted by Crippen LogP contribution is -2.30. The summed E-state index contributed by atoms with van der Waals surface area (Å²) in [4.78, 5) is 38.2. The van der Waals surface area contributed by atoms with Crippen molar-refractivity contribution in [2.75, 3.05) is 13.2 Å². The van der Waals surface area contributed by atoms with E-state index in [-0.39, 0.29) is 37.5 Å².